The molecule has 5 nitrogen and oxygen atoms in total. The highest BCUT2D eigenvalue weighted by Gasteiger charge is 2.45. The first-order valence-corrected chi connectivity index (χ1v) is 7.63. The average Bonchev–Trinajstić information content (AvgIpc) is 2.56. The van der Waals surface area contributed by atoms with Gasteiger partial charge >= 0.3 is 0 Å². The van der Waals surface area contributed by atoms with Crippen LogP contribution in [0.5, 0.6) is 5.75 Å². The van der Waals surface area contributed by atoms with Crippen molar-refractivity contribution >= 4 is 0 Å². The molecule has 1 unspecified atom stereocenters. The Bertz CT molecular complexity index is 483. The van der Waals surface area contributed by atoms with Gasteiger partial charge in [-0.05, 0) is 30.5 Å². The highest BCUT2D eigenvalue weighted by molar-refractivity contribution is 5.32. The molecule has 0 N–H and O–H groups in total. The molecule has 1 spiro atoms. The number of ether oxygens (including phenoxy) is 2. The van der Waals surface area contributed by atoms with Crippen molar-refractivity contribution in [1.82, 2.24) is 5.01 Å². The van der Waals surface area contributed by atoms with Crippen LogP contribution in [0.15, 0.2) is 29.6 Å². The molecule has 1 atom stereocenters. The standard InChI is InChI=1S/C16H22N2O3/c1-20-14-7-5-13(6-8-14)15-11-18(17-19)12-21-16(15)9-3-2-4-10-16/h5-8,15H,2-4,9-12H2,1H3. The first-order chi connectivity index (χ1) is 10.3. The van der Waals surface area contributed by atoms with Crippen LogP contribution in [0, 0.1) is 4.91 Å². The summed E-state index contributed by atoms with van der Waals surface area (Å²) in [4.78, 5) is 10.9. The summed E-state index contributed by atoms with van der Waals surface area (Å²) in [5, 5.41) is 4.55. The molecule has 3 rings (SSSR count). The predicted octanol–water partition coefficient (Wildman–Crippen LogP) is 3.45. The fraction of sp³-hybridized carbons (Fsp3) is 0.625. The van der Waals surface area contributed by atoms with Crippen molar-refractivity contribution in [3.8, 4) is 5.75 Å². The maximum atomic E-state index is 10.9. The van der Waals surface area contributed by atoms with Gasteiger partial charge in [-0.15, -0.1) is 4.91 Å². The van der Waals surface area contributed by atoms with Crippen molar-refractivity contribution in [1.29, 1.82) is 0 Å². The Labute approximate surface area is 125 Å². The van der Waals surface area contributed by atoms with Gasteiger partial charge in [0.25, 0.3) is 0 Å². The van der Waals surface area contributed by atoms with Crippen molar-refractivity contribution < 1.29 is 9.47 Å². The predicted molar refractivity (Wildman–Crippen MR) is 80.0 cm³/mol. The molecule has 1 aromatic carbocycles. The molecule has 2 aliphatic rings. The van der Waals surface area contributed by atoms with Crippen LogP contribution >= 0.6 is 0 Å². The first-order valence-electron chi connectivity index (χ1n) is 7.63. The third kappa shape index (κ3) is 2.75. The summed E-state index contributed by atoms with van der Waals surface area (Å²) in [6.07, 6.45) is 5.80. The monoisotopic (exact) mass is 290 g/mol. The van der Waals surface area contributed by atoms with E-state index >= 15 is 0 Å². The maximum Gasteiger partial charge on any atom is 0.138 e. The Morgan fingerprint density at radius 1 is 1.24 bits per heavy atom. The summed E-state index contributed by atoms with van der Waals surface area (Å²) in [5.41, 5.74) is 1.07. The number of benzene rings is 1. The van der Waals surface area contributed by atoms with Gasteiger partial charge in [0.1, 0.15) is 12.5 Å². The highest BCUT2D eigenvalue weighted by atomic mass is 16.5. The van der Waals surface area contributed by atoms with E-state index in [0.29, 0.717) is 13.3 Å². The Balaban J connectivity index is 1.89. The minimum Gasteiger partial charge on any atom is -0.497 e. The van der Waals surface area contributed by atoms with Gasteiger partial charge < -0.3 is 9.47 Å². The van der Waals surface area contributed by atoms with E-state index in [2.05, 4.69) is 17.4 Å². The normalized spacial score (nSPS) is 24.8. The fourth-order valence-electron chi connectivity index (χ4n) is 3.68. The van der Waals surface area contributed by atoms with Crippen LogP contribution in [0.2, 0.25) is 0 Å². The molecule has 114 valence electrons. The number of hydrogen-bond donors (Lipinski definition) is 0. The number of methoxy groups -OCH3 is 1. The molecule has 21 heavy (non-hydrogen) atoms. The van der Waals surface area contributed by atoms with Crippen LogP contribution < -0.4 is 4.74 Å². The van der Waals surface area contributed by atoms with Gasteiger partial charge in [0.05, 0.1) is 24.5 Å². The van der Waals surface area contributed by atoms with Crippen LogP contribution in [0.3, 0.4) is 0 Å². The number of nitrogens with zero attached hydrogens (tertiary/aromatic N) is 2. The van der Waals surface area contributed by atoms with E-state index in [-0.39, 0.29) is 11.5 Å². The second-order valence-electron chi connectivity index (χ2n) is 6.00. The van der Waals surface area contributed by atoms with Gasteiger partial charge in [0, 0.05) is 5.92 Å². The third-order valence-electron chi connectivity index (χ3n) is 4.86. The van der Waals surface area contributed by atoms with Gasteiger partial charge in [-0.1, -0.05) is 31.4 Å². The molecular weight excluding hydrogens is 268 g/mol. The lowest BCUT2D eigenvalue weighted by Gasteiger charge is -2.48. The Kier molecular flexibility index (Phi) is 4.10. The molecule has 1 aliphatic carbocycles. The van der Waals surface area contributed by atoms with Gasteiger partial charge in [0.15, 0.2) is 0 Å². The number of hydrogen-bond acceptors (Lipinski definition) is 4. The van der Waals surface area contributed by atoms with Gasteiger partial charge in [-0.2, -0.15) is 0 Å². The molecule has 0 amide bonds. The zero-order valence-electron chi connectivity index (χ0n) is 12.5. The molecule has 0 bridgehead atoms. The molecule has 0 aromatic heterocycles. The second kappa shape index (κ2) is 6.02. The van der Waals surface area contributed by atoms with E-state index in [9.17, 15) is 4.91 Å². The third-order valence-corrected chi connectivity index (χ3v) is 4.86. The first kappa shape index (κ1) is 14.3. The molecule has 5 heteroatoms. The van der Waals surface area contributed by atoms with Crippen LogP contribution in [-0.4, -0.2) is 31.0 Å². The SMILES string of the molecule is COc1ccc(C2CN(N=O)COC23CCCCC3)cc1. The van der Waals surface area contributed by atoms with Crippen molar-refractivity contribution in [3.05, 3.63) is 34.7 Å². The van der Waals surface area contributed by atoms with Crippen molar-refractivity contribution in [2.75, 3.05) is 20.4 Å². The summed E-state index contributed by atoms with van der Waals surface area (Å²) >= 11 is 0. The summed E-state index contributed by atoms with van der Waals surface area (Å²) in [6, 6.07) is 8.10. The molecule has 2 fully saturated rings. The average molecular weight is 290 g/mol. The van der Waals surface area contributed by atoms with E-state index in [4.69, 9.17) is 9.47 Å². The summed E-state index contributed by atoms with van der Waals surface area (Å²) in [5.74, 6) is 1.04. The lowest BCUT2D eigenvalue weighted by atomic mass is 9.72. The minimum atomic E-state index is -0.131. The van der Waals surface area contributed by atoms with Crippen LogP contribution in [0.25, 0.3) is 0 Å². The van der Waals surface area contributed by atoms with Crippen LogP contribution in [-0.2, 0) is 4.74 Å². The van der Waals surface area contributed by atoms with Crippen LogP contribution in [0.4, 0.5) is 0 Å². The zero-order valence-corrected chi connectivity index (χ0v) is 12.5. The van der Waals surface area contributed by atoms with Crippen LogP contribution in [0.1, 0.15) is 43.6 Å². The molecule has 1 aliphatic heterocycles. The zero-order chi connectivity index (χ0) is 14.7. The second-order valence-corrected chi connectivity index (χ2v) is 6.00. The smallest absolute Gasteiger partial charge is 0.138 e. The fourth-order valence-corrected chi connectivity index (χ4v) is 3.68. The molecule has 0 radical (unpaired) electrons. The van der Waals surface area contributed by atoms with Crippen molar-refractivity contribution in [3.63, 3.8) is 0 Å². The van der Waals surface area contributed by atoms with E-state index < -0.39 is 0 Å². The molecule has 1 saturated heterocycles. The Morgan fingerprint density at radius 2 is 1.95 bits per heavy atom. The molecular formula is C16H22N2O3. The van der Waals surface area contributed by atoms with Crippen molar-refractivity contribution in [2.45, 2.75) is 43.6 Å². The van der Waals surface area contributed by atoms with E-state index in [1.807, 2.05) is 12.1 Å². The summed E-state index contributed by atoms with van der Waals surface area (Å²) in [7, 11) is 1.67. The topological polar surface area (TPSA) is 51.1 Å². The lowest BCUT2D eigenvalue weighted by Crippen LogP contribution is -2.51. The quantitative estimate of drug-likeness (QED) is 0.800. The highest BCUT2D eigenvalue weighted by Crippen LogP contribution is 2.45. The van der Waals surface area contributed by atoms with E-state index in [1.165, 1.54) is 29.8 Å². The number of nitroso groups, excluding NO2 is 1. The summed E-state index contributed by atoms with van der Waals surface area (Å²) < 4.78 is 11.4. The van der Waals surface area contributed by atoms with Crippen molar-refractivity contribution in [2.24, 2.45) is 5.29 Å². The Hall–Kier alpha value is -1.62. The number of rotatable bonds is 3. The minimum absolute atomic E-state index is 0.131. The molecule has 1 saturated carbocycles. The largest absolute Gasteiger partial charge is 0.497 e. The van der Waals surface area contributed by atoms with E-state index in [1.54, 1.807) is 7.11 Å². The van der Waals surface area contributed by atoms with Gasteiger partial charge in [0.2, 0.25) is 0 Å². The van der Waals surface area contributed by atoms with Gasteiger partial charge in [-0.3, -0.25) is 0 Å². The summed E-state index contributed by atoms with van der Waals surface area (Å²) in [6.45, 7) is 0.950. The Morgan fingerprint density at radius 3 is 2.57 bits per heavy atom. The lowest BCUT2D eigenvalue weighted by molar-refractivity contribution is -0.167. The maximum absolute atomic E-state index is 10.9. The molecule has 1 heterocycles. The molecule has 1 aromatic rings. The van der Waals surface area contributed by atoms with E-state index in [0.717, 1.165) is 18.6 Å². The van der Waals surface area contributed by atoms with Gasteiger partial charge in [-0.25, -0.2) is 5.01 Å².